The van der Waals surface area contributed by atoms with E-state index in [1.165, 1.54) is 6.42 Å². The molecule has 2 atom stereocenters. The number of likely N-dealkylation sites (N-methyl/N-ethyl adjacent to an activating group) is 1. The summed E-state index contributed by atoms with van der Waals surface area (Å²) < 4.78 is 0. The van der Waals surface area contributed by atoms with Gasteiger partial charge in [-0.2, -0.15) is 0 Å². The first kappa shape index (κ1) is 16.4. The van der Waals surface area contributed by atoms with E-state index in [1.807, 2.05) is 0 Å². The zero-order chi connectivity index (χ0) is 14.3. The van der Waals surface area contributed by atoms with Gasteiger partial charge in [-0.3, -0.25) is 4.79 Å². The maximum Gasteiger partial charge on any atom is 0.234 e. The third kappa shape index (κ3) is 5.47. The van der Waals surface area contributed by atoms with Crippen molar-refractivity contribution in [1.29, 1.82) is 0 Å². The van der Waals surface area contributed by atoms with Crippen LogP contribution in [0.1, 0.15) is 33.1 Å². The Bertz CT molecular complexity index is 272. The van der Waals surface area contributed by atoms with Crippen LogP contribution in [0.4, 0.5) is 0 Å². The van der Waals surface area contributed by atoms with Crippen molar-refractivity contribution in [3.05, 3.63) is 0 Å². The smallest absolute Gasteiger partial charge is 0.234 e. The van der Waals surface area contributed by atoms with Gasteiger partial charge in [-0.15, -0.1) is 0 Å². The highest BCUT2D eigenvalue weighted by atomic mass is 16.1. The monoisotopic (exact) mass is 270 g/mol. The molecule has 1 aliphatic rings. The van der Waals surface area contributed by atoms with E-state index in [1.54, 1.807) is 0 Å². The van der Waals surface area contributed by atoms with Gasteiger partial charge in [0.1, 0.15) is 0 Å². The van der Waals surface area contributed by atoms with Crippen molar-refractivity contribution in [3.63, 3.8) is 0 Å². The molecule has 3 N–H and O–H groups in total. The molecule has 1 saturated heterocycles. The molecule has 19 heavy (non-hydrogen) atoms. The number of carbonyl (C=O) groups is 1. The van der Waals surface area contributed by atoms with Gasteiger partial charge in [0.05, 0.1) is 6.04 Å². The van der Waals surface area contributed by atoms with E-state index in [4.69, 9.17) is 5.73 Å². The molecule has 0 aromatic rings. The van der Waals surface area contributed by atoms with Crippen molar-refractivity contribution < 1.29 is 4.79 Å². The van der Waals surface area contributed by atoms with Crippen LogP contribution in [-0.4, -0.2) is 67.6 Å². The van der Waals surface area contributed by atoms with E-state index in [0.29, 0.717) is 6.04 Å². The van der Waals surface area contributed by atoms with Crippen molar-refractivity contribution in [3.8, 4) is 0 Å². The highest BCUT2D eigenvalue weighted by Gasteiger charge is 2.24. The van der Waals surface area contributed by atoms with Crippen LogP contribution in [0.15, 0.2) is 0 Å². The lowest BCUT2D eigenvalue weighted by Gasteiger charge is -2.39. The summed E-state index contributed by atoms with van der Waals surface area (Å²) in [6, 6.07) is 0.462. The summed E-state index contributed by atoms with van der Waals surface area (Å²) in [5.41, 5.74) is 5.44. The van der Waals surface area contributed by atoms with E-state index in [-0.39, 0.29) is 11.9 Å². The van der Waals surface area contributed by atoms with E-state index in [9.17, 15) is 4.79 Å². The van der Waals surface area contributed by atoms with Crippen molar-refractivity contribution in [2.75, 3.05) is 39.8 Å². The molecule has 0 aromatic carbocycles. The number of hydrogen-bond donors (Lipinski definition) is 2. The molecule has 0 bridgehead atoms. The van der Waals surface area contributed by atoms with Crippen LogP contribution < -0.4 is 11.1 Å². The van der Waals surface area contributed by atoms with Gasteiger partial charge in [0.25, 0.3) is 0 Å². The van der Waals surface area contributed by atoms with Crippen molar-refractivity contribution in [2.24, 2.45) is 5.73 Å². The number of amides is 1. The summed E-state index contributed by atoms with van der Waals surface area (Å²) in [6.45, 7) is 9.44. The lowest BCUT2D eigenvalue weighted by molar-refractivity contribution is -0.120. The topological polar surface area (TPSA) is 61.6 Å². The molecule has 5 nitrogen and oxygen atoms in total. The Morgan fingerprint density at radius 3 is 2.74 bits per heavy atom. The molecule has 0 radical (unpaired) electrons. The third-order valence-electron chi connectivity index (χ3n) is 4.05. The first-order valence-electron chi connectivity index (χ1n) is 7.53. The summed E-state index contributed by atoms with van der Waals surface area (Å²) in [6.07, 6.45) is 3.02. The minimum atomic E-state index is -0.227. The third-order valence-corrected chi connectivity index (χ3v) is 4.05. The Balaban J connectivity index is 2.35. The Hall–Kier alpha value is -0.650. The maximum atomic E-state index is 11.4. The van der Waals surface area contributed by atoms with Crippen LogP contribution in [0.3, 0.4) is 0 Å². The molecule has 1 heterocycles. The highest BCUT2D eigenvalue weighted by molar-refractivity contribution is 5.79. The van der Waals surface area contributed by atoms with Crippen LogP contribution in [0.2, 0.25) is 0 Å². The average molecular weight is 270 g/mol. The second-order valence-corrected chi connectivity index (χ2v) is 5.54. The van der Waals surface area contributed by atoms with E-state index in [0.717, 1.165) is 45.6 Å². The van der Waals surface area contributed by atoms with Crippen LogP contribution >= 0.6 is 0 Å². The molecular formula is C14H30N4O. The number of carbonyl (C=O) groups excluding carboxylic acids is 1. The minimum Gasteiger partial charge on any atom is -0.368 e. The van der Waals surface area contributed by atoms with Crippen LogP contribution in [0.25, 0.3) is 0 Å². The lowest BCUT2D eigenvalue weighted by atomic mass is 10.1. The van der Waals surface area contributed by atoms with Crippen molar-refractivity contribution >= 4 is 5.91 Å². The standard InChI is InChI=1S/C14H30N4O/c1-4-7-16-13(14(15)19)6-8-18-10-9-17(3)12(5-2)11-18/h12-13,16H,4-11H2,1-3H3,(H2,15,19). The molecule has 0 aromatic heterocycles. The summed E-state index contributed by atoms with van der Waals surface area (Å²) >= 11 is 0. The molecule has 1 aliphatic heterocycles. The largest absolute Gasteiger partial charge is 0.368 e. The fraction of sp³-hybridized carbons (Fsp3) is 0.929. The Morgan fingerprint density at radius 1 is 1.42 bits per heavy atom. The number of hydrogen-bond acceptors (Lipinski definition) is 4. The highest BCUT2D eigenvalue weighted by Crippen LogP contribution is 2.11. The fourth-order valence-corrected chi connectivity index (χ4v) is 2.63. The van der Waals surface area contributed by atoms with Gasteiger partial charge < -0.3 is 20.9 Å². The molecule has 0 aliphatic carbocycles. The van der Waals surface area contributed by atoms with Gasteiger partial charge in [0, 0.05) is 32.2 Å². The molecule has 1 fully saturated rings. The number of piperazine rings is 1. The van der Waals surface area contributed by atoms with Crippen molar-refractivity contribution in [1.82, 2.24) is 15.1 Å². The van der Waals surface area contributed by atoms with E-state index in [2.05, 4.69) is 36.0 Å². The van der Waals surface area contributed by atoms with Crippen LogP contribution in [0.5, 0.6) is 0 Å². The quantitative estimate of drug-likeness (QED) is 0.664. The number of nitrogens with two attached hydrogens (primary N) is 1. The molecular weight excluding hydrogens is 240 g/mol. The maximum absolute atomic E-state index is 11.4. The molecule has 112 valence electrons. The number of primary amides is 1. The molecule has 0 spiro atoms. The second-order valence-electron chi connectivity index (χ2n) is 5.54. The van der Waals surface area contributed by atoms with Crippen molar-refractivity contribution in [2.45, 2.75) is 45.2 Å². The summed E-state index contributed by atoms with van der Waals surface area (Å²) in [5.74, 6) is -0.227. The normalized spacial score (nSPS) is 23.4. The van der Waals surface area contributed by atoms with Gasteiger partial charge in [-0.1, -0.05) is 13.8 Å². The second kappa shape index (κ2) is 8.51. The SMILES string of the molecule is CCCNC(CCN1CCN(C)C(CC)C1)C(N)=O. The zero-order valence-electron chi connectivity index (χ0n) is 12.7. The molecule has 1 rings (SSSR count). The summed E-state index contributed by atoms with van der Waals surface area (Å²) in [4.78, 5) is 16.3. The summed E-state index contributed by atoms with van der Waals surface area (Å²) in [5, 5.41) is 3.23. The number of nitrogens with zero attached hydrogens (tertiary/aromatic N) is 2. The van der Waals surface area contributed by atoms with Crippen LogP contribution in [-0.2, 0) is 4.79 Å². The first-order chi connectivity index (χ1) is 9.08. The lowest BCUT2D eigenvalue weighted by Crippen LogP contribution is -2.52. The van der Waals surface area contributed by atoms with E-state index < -0.39 is 0 Å². The average Bonchev–Trinajstić information content (AvgIpc) is 2.40. The van der Waals surface area contributed by atoms with E-state index >= 15 is 0 Å². The number of nitrogens with one attached hydrogen (secondary N) is 1. The van der Waals surface area contributed by atoms with Gasteiger partial charge >= 0.3 is 0 Å². The van der Waals surface area contributed by atoms with Gasteiger partial charge in [-0.25, -0.2) is 0 Å². The summed E-state index contributed by atoms with van der Waals surface area (Å²) in [7, 11) is 2.19. The Labute approximate surface area is 117 Å². The zero-order valence-corrected chi connectivity index (χ0v) is 12.7. The van der Waals surface area contributed by atoms with Gasteiger partial charge in [0.15, 0.2) is 0 Å². The molecule has 5 heteroatoms. The molecule has 1 amide bonds. The minimum absolute atomic E-state index is 0.181. The Morgan fingerprint density at radius 2 is 2.16 bits per heavy atom. The van der Waals surface area contributed by atoms with Crippen LogP contribution in [0, 0.1) is 0 Å². The molecule has 0 saturated carbocycles. The first-order valence-corrected chi connectivity index (χ1v) is 7.53. The molecule has 2 unspecified atom stereocenters. The Kier molecular flexibility index (Phi) is 7.34. The van der Waals surface area contributed by atoms with Gasteiger partial charge in [-0.05, 0) is 32.9 Å². The number of rotatable bonds is 8. The van der Waals surface area contributed by atoms with Gasteiger partial charge in [0.2, 0.25) is 5.91 Å². The fourth-order valence-electron chi connectivity index (χ4n) is 2.63. The predicted octanol–water partition coefficient (Wildman–Crippen LogP) is 0.256. The predicted molar refractivity (Wildman–Crippen MR) is 79.0 cm³/mol.